The van der Waals surface area contributed by atoms with E-state index in [9.17, 15) is 4.79 Å². The number of methoxy groups -OCH3 is 1. The molecule has 5 heteroatoms. The number of carbonyl (C=O) groups excluding carboxylic acids is 1. The molecule has 0 amide bonds. The van der Waals surface area contributed by atoms with Gasteiger partial charge in [0.2, 0.25) is 0 Å². The Kier molecular flexibility index (Phi) is 4.65. The number of hydrogen-bond acceptors (Lipinski definition) is 4. The Morgan fingerprint density at radius 2 is 1.80 bits per heavy atom. The molecule has 0 spiro atoms. The quantitative estimate of drug-likeness (QED) is 0.672. The van der Waals surface area contributed by atoms with Gasteiger partial charge >= 0.3 is 5.97 Å². The molecule has 5 nitrogen and oxygen atoms in total. The van der Waals surface area contributed by atoms with Crippen LogP contribution in [0.5, 0.6) is 0 Å². The zero-order valence-electron chi connectivity index (χ0n) is 14.9. The fourth-order valence-electron chi connectivity index (χ4n) is 2.72. The molecule has 1 heterocycles. The van der Waals surface area contributed by atoms with E-state index in [2.05, 4.69) is 36.1 Å². The predicted molar refractivity (Wildman–Crippen MR) is 97.0 cm³/mol. The number of ether oxygens (including phenoxy) is 1. The number of hydrogen-bond donors (Lipinski definition) is 0. The summed E-state index contributed by atoms with van der Waals surface area (Å²) in [5.41, 5.74) is 4.43. The molecule has 0 atom stereocenters. The Balaban J connectivity index is 2.18. The van der Waals surface area contributed by atoms with E-state index in [4.69, 9.17) is 4.74 Å². The third-order valence-corrected chi connectivity index (χ3v) is 4.06. The molecule has 0 unspecified atom stereocenters. The van der Waals surface area contributed by atoms with Gasteiger partial charge in [-0.2, -0.15) is 5.10 Å². The molecule has 2 aromatic carbocycles. The lowest BCUT2D eigenvalue weighted by atomic mass is 10.0. The zero-order valence-corrected chi connectivity index (χ0v) is 14.9. The summed E-state index contributed by atoms with van der Waals surface area (Å²) in [7, 11) is 1.38. The molecule has 3 aromatic rings. The minimum atomic E-state index is -0.374. The van der Waals surface area contributed by atoms with Crippen LogP contribution in [0.25, 0.3) is 16.8 Å². The van der Waals surface area contributed by atoms with E-state index in [0.29, 0.717) is 5.56 Å². The maximum Gasteiger partial charge on any atom is 0.337 e. The van der Waals surface area contributed by atoms with Crippen LogP contribution in [0.2, 0.25) is 0 Å². The maximum absolute atomic E-state index is 12.1. The molecular weight excluding hydrogens is 314 g/mol. The third-order valence-electron chi connectivity index (χ3n) is 4.06. The fraction of sp³-hybridized carbons (Fsp3) is 0.250. The maximum atomic E-state index is 12.1. The van der Waals surface area contributed by atoms with Crippen molar-refractivity contribution in [2.24, 2.45) is 0 Å². The van der Waals surface area contributed by atoms with Crippen molar-refractivity contribution in [1.82, 2.24) is 14.8 Å². The first-order chi connectivity index (χ1) is 12.0. The Morgan fingerprint density at radius 3 is 2.44 bits per heavy atom. The van der Waals surface area contributed by atoms with Gasteiger partial charge in [0.1, 0.15) is 12.2 Å². The first-order valence-corrected chi connectivity index (χ1v) is 8.20. The summed E-state index contributed by atoms with van der Waals surface area (Å²) in [4.78, 5) is 16.5. The second-order valence-corrected chi connectivity index (χ2v) is 6.31. The van der Waals surface area contributed by atoms with Crippen LogP contribution in [0.15, 0.2) is 48.8 Å². The van der Waals surface area contributed by atoms with E-state index in [-0.39, 0.29) is 11.9 Å². The standard InChI is InChI=1S/C20H21N3O2/c1-13(2)19-21-12-22-23(19)18-10-16(9-17(11-18)20(24)25-4)15-7-5-14(3)6-8-15/h5-13H,1-4H3. The van der Waals surface area contributed by atoms with Crippen molar-refractivity contribution in [2.75, 3.05) is 7.11 Å². The van der Waals surface area contributed by atoms with Crippen LogP contribution in [0.1, 0.15) is 41.5 Å². The number of rotatable bonds is 4. The SMILES string of the molecule is COC(=O)c1cc(-c2ccc(C)cc2)cc(-n2ncnc2C(C)C)c1. The summed E-state index contributed by atoms with van der Waals surface area (Å²) in [6, 6.07) is 13.8. The van der Waals surface area contributed by atoms with Gasteiger partial charge < -0.3 is 4.74 Å². The average Bonchev–Trinajstić information content (AvgIpc) is 3.11. The Hall–Kier alpha value is -2.95. The second-order valence-electron chi connectivity index (χ2n) is 6.31. The van der Waals surface area contributed by atoms with Crippen molar-refractivity contribution in [3.63, 3.8) is 0 Å². The summed E-state index contributed by atoms with van der Waals surface area (Å²) < 4.78 is 6.68. The lowest BCUT2D eigenvalue weighted by Crippen LogP contribution is -2.08. The Labute approximate surface area is 147 Å². The zero-order chi connectivity index (χ0) is 18.0. The molecule has 3 rings (SSSR count). The molecule has 0 bridgehead atoms. The van der Waals surface area contributed by atoms with Crippen LogP contribution < -0.4 is 0 Å². The summed E-state index contributed by atoms with van der Waals surface area (Å²) in [5.74, 6) is 0.686. The number of carbonyl (C=O) groups is 1. The fourth-order valence-corrected chi connectivity index (χ4v) is 2.72. The summed E-state index contributed by atoms with van der Waals surface area (Å²) >= 11 is 0. The molecule has 0 saturated carbocycles. The van der Waals surface area contributed by atoms with E-state index in [0.717, 1.165) is 22.6 Å². The van der Waals surface area contributed by atoms with Gasteiger partial charge in [0.05, 0.1) is 18.4 Å². The molecular formula is C20H21N3O2. The van der Waals surface area contributed by atoms with Gasteiger partial charge in [-0.15, -0.1) is 0 Å². The largest absolute Gasteiger partial charge is 0.465 e. The molecule has 128 valence electrons. The number of aromatic nitrogens is 3. The minimum Gasteiger partial charge on any atom is -0.465 e. The van der Waals surface area contributed by atoms with Crippen molar-refractivity contribution >= 4 is 5.97 Å². The van der Waals surface area contributed by atoms with Gasteiger partial charge in [-0.3, -0.25) is 0 Å². The minimum absolute atomic E-state index is 0.215. The summed E-state index contributed by atoms with van der Waals surface area (Å²) in [6.07, 6.45) is 1.53. The van der Waals surface area contributed by atoms with Gasteiger partial charge in [0.15, 0.2) is 0 Å². The molecule has 0 aliphatic heterocycles. The molecule has 0 N–H and O–H groups in total. The molecule has 1 aromatic heterocycles. The molecule has 0 radical (unpaired) electrons. The smallest absolute Gasteiger partial charge is 0.337 e. The highest BCUT2D eigenvalue weighted by atomic mass is 16.5. The van der Waals surface area contributed by atoms with Gasteiger partial charge in [-0.05, 0) is 36.2 Å². The third kappa shape index (κ3) is 3.45. The van der Waals surface area contributed by atoms with E-state index in [1.54, 1.807) is 10.7 Å². The van der Waals surface area contributed by atoms with E-state index < -0.39 is 0 Å². The highest BCUT2D eigenvalue weighted by Gasteiger charge is 2.15. The van der Waals surface area contributed by atoms with E-state index in [1.165, 1.54) is 19.0 Å². The van der Waals surface area contributed by atoms with E-state index in [1.807, 2.05) is 31.2 Å². The number of nitrogens with zero attached hydrogens (tertiary/aromatic N) is 3. The van der Waals surface area contributed by atoms with Crippen LogP contribution in [0, 0.1) is 6.92 Å². The summed E-state index contributed by atoms with van der Waals surface area (Å²) in [6.45, 7) is 6.17. The first kappa shape index (κ1) is 16.9. The lowest BCUT2D eigenvalue weighted by molar-refractivity contribution is 0.0600. The van der Waals surface area contributed by atoms with Crippen molar-refractivity contribution in [3.05, 3.63) is 65.7 Å². The number of esters is 1. The normalized spacial score (nSPS) is 10.9. The molecule has 0 fully saturated rings. The molecule has 0 aliphatic rings. The van der Waals surface area contributed by atoms with Gasteiger partial charge in [-0.1, -0.05) is 43.7 Å². The second kappa shape index (κ2) is 6.89. The van der Waals surface area contributed by atoms with Crippen molar-refractivity contribution in [1.29, 1.82) is 0 Å². The monoisotopic (exact) mass is 335 g/mol. The highest BCUT2D eigenvalue weighted by Crippen LogP contribution is 2.26. The Morgan fingerprint density at radius 1 is 1.08 bits per heavy atom. The molecule has 25 heavy (non-hydrogen) atoms. The average molecular weight is 335 g/mol. The topological polar surface area (TPSA) is 57.0 Å². The van der Waals surface area contributed by atoms with Gasteiger partial charge in [0.25, 0.3) is 0 Å². The van der Waals surface area contributed by atoms with Crippen molar-refractivity contribution < 1.29 is 9.53 Å². The molecule has 0 saturated heterocycles. The first-order valence-electron chi connectivity index (χ1n) is 8.20. The molecule has 0 aliphatic carbocycles. The summed E-state index contributed by atoms with van der Waals surface area (Å²) in [5, 5.41) is 4.34. The van der Waals surface area contributed by atoms with Crippen LogP contribution in [0.3, 0.4) is 0 Å². The van der Waals surface area contributed by atoms with Crippen LogP contribution >= 0.6 is 0 Å². The lowest BCUT2D eigenvalue weighted by Gasteiger charge is -2.12. The van der Waals surface area contributed by atoms with Gasteiger partial charge in [-0.25, -0.2) is 14.5 Å². The van der Waals surface area contributed by atoms with Crippen LogP contribution in [-0.2, 0) is 4.74 Å². The van der Waals surface area contributed by atoms with E-state index >= 15 is 0 Å². The van der Waals surface area contributed by atoms with Crippen molar-refractivity contribution in [2.45, 2.75) is 26.7 Å². The predicted octanol–water partition coefficient (Wildman–Crippen LogP) is 4.15. The highest BCUT2D eigenvalue weighted by molar-refractivity contribution is 5.92. The van der Waals surface area contributed by atoms with Crippen molar-refractivity contribution in [3.8, 4) is 16.8 Å². The van der Waals surface area contributed by atoms with Crippen LogP contribution in [0.4, 0.5) is 0 Å². The number of aryl methyl sites for hydroxylation is 1. The van der Waals surface area contributed by atoms with Gasteiger partial charge in [0, 0.05) is 5.92 Å². The van der Waals surface area contributed by atoms with Crippen LogP contribution in [-0.4, -0.2) is 27.8 Å². The Bertz CT molecular complexity index is 896. The number of benzene rings is 2.